The molecule has 0 bridgehead atoms. The molecule has 0 spiro atoms. The second-order valence-electron chi connectivity index (χ2n) is 5.84. The molecule has 136 valence electrons. The lowest BCUT2D eigenvalue weighted by Gasteiger charge is -2.37. The van der Waals surface area contributed by atoms with Crippen LogP contribution < -0.4 is 5.32 Å². The second-order valence-corrected chi connectivity index (χ2v) is 6.62. The van der Waals surface area contributed by atoms with Crippen LogP contribution in [0.2, 0.25) is 0 Å². The maximum absolute atomic E-state index is 5.89. The summed E-state index contributed by atoms with van der Waals surface area (Å²) in [6.07, 6.45) is 3.43. The van der Waals surface area contributed by atoms with Crippen molar-refractivity contribution in [3.63, 3.8) is 0 Å². The molecule has 2 aliphatic rings. The zero-order chi connectivity index (χ0) is 16.1. The predicted octanol–water partition coefficient (Wildman–Crippen LogP) is 2.66. The lowest BCUT2D eigenvalue weighted by Crippen LogP contribution is -2.53. The van der Waals surface area contributed by atoms with Gasteiger partial charge >= 0.3 is 0 Å². The van der Waals surface area contributed by atoms with Gasteiger partial charge in [0.25, 0.3) is 0 Å². The highest BCUT2D eigenvalue weighted by Gasteiger charge is 2.32. The van der Waals surface area contributed by atoms with Gasteiger partial charge in [-0.1, -0.05) is 0 Å². The summed E-state index contributed by atoms with van der Waals surface area (Å²) < 4.78 is 17.9. The average molecular weight is 514 g/mol. The zero-order valence-electron chi connectivity index (χ0n) is 13.9. The van der Waals surface area contributed by atoms with Crippen molar-refractivity contribution in [2.45, 2.75) is 31.5 Å². The quantitative estimate of drug-likeness (QED) is 0.381. The molecular formula is C16H25BrIN3O3. The van der Waals surface area contributed by atoms with Crippen LogP contribution in [0.5, 0.6) is 0 Å². The van der Waals surface area contributed by atoms with Crippen molar-refractivity contribution in [3.05, 3.63) is 22.6 Å². The standard InChI is InChI=1S/C16H24BrN3O3.HI/c1-18-16(19-7-6-12-4-5-15(17)23-12)20-8-10-22-14(11-20)13-3-2-9-21-13;/h4-5,13-14H,2-3,6-11H2,1H3,(H,18,19);1H. The number of hydrogen-bond acceptors (Lipinski definition) is 4. The summed E-state index contributed by atoms with van der Waals surface area (Å²) in [7, 11) is 1.82. The van der Waals surface area contributed by atoms with E-state index in [0.29, 0.717) is 0 Å². The fraction of sp³-hybridized carbons (Fsp3) is 0.688. The third kappa shape index (κ3) is 5.34. The van der Waals surface area contributed by atoms with E-state index in [1.165, 1.54) is 0 Å². The van der Waals surface area contributed by atoms with Crippen LogP contribution in [0.1, 0.15) is 18.6 Å². The molecule has 3 rings (SSSR count). The SMILES string of the molecule is CN=C(NCCc1ccc(Br)o1)N1CCOC(C2CCCO2)C1.I. The fourth-order valence-corrected chi connectivity index (χ4v) is 3.44. The summed E-state index contributed by atoms with van der Waals surface area (Å²) in [6.45, 7) is 4.05. The Hall–Kier alpha value is -0.320. The summed E-state index contributed by atoms with van der Waals surface area (Å²) >= 11 is 3.32. The van der Waals surface area contributed by atoms with E-state index in [9.17, 15) is 0 Å². The monoisotopic (exact) mass is 513 g/mol. The predicted molar refractivity (Wildman–Crippen MR) is 107 cm³/mol. The number of halogens is 2. The van der Waals surface area contributed by atoms with Gasteiger partial charge in [-0.15, -0.1) is 24.0 Å². The first-order valence-electron chi connectivity index (χ1n) is 8.19. The molecule has 0 aliphatic carbocycles. The highest BCUT2D eigenvalue weighted by Crippen LogP contribution is 2.21. The maximum Gasteiger partial charge on any atom is 0.193 e. The Kier molecular flexibility index (Phi) is 8.32. The highest BCUT2D eigenvalue weighted by atomic mass is 127. The van der Waals surface area contributed by atoms with Crippen LogP contribution in [-0.2, 0) is 15.9 Å². The van der Waals surface area contributed by atoms with E-state index >= 15 is 0 Å². The van der Waals surface area contributed by atoms with E-state index in [1.54, 1.807) is 0 Å². The Bertz CT molecular complexity index is 534. The number of nitrogens with zero attached hydrogens (tertiary/aromatic N) is 2. The third-order valence-corrected chi connectivity index (χ3v) is 4.69. The summed E-state index contributed by atoms with van der Waals surface area (Å²) in [5, 5.41) is 3.41. The molecule has 0 aromatic carbocycles. The van der Waals surface area contributed by atoms with Crippen LogP contribution in [-0.4, -0.2) is 63.0 Å². The number of aliphatic imine (C=N–C) groups is 1. The number of rotatable bonds is 4. The molecule has 0 amide bonds. The zero-order valence-corrected chi connectivity index (χ0v) is 17.8. The Balaban J connectivity index is 0.00000208. The van der Waals surface area contributed by atoms with Crippen molar-refractivity contribution in [1.29, 1.82) is 0 Å². The van der Waals surface area contributed by atoms with Crippen LogP contribution in [0.4, 0.5) is 0 Å². The Morgan fingerprint density at radius 3 is 2.83 bits per heavy atom. The molecule has 1 aromatic heterocycles. The van der Waals surface area contributed by atoms with Gasteiger partial charge < -0.3 is 24.1 Å². The van der Waals surface area contributed by atoms with Crippen molar-refractivity contribution in [2.75, 3.05) is 39.9 Å². The minimum Gasteiger partial charge on any atom is -0.454 e. The molecule has 0 radical (unpaired) electrons. The number of furan rings is 1. The molecule has 1 N–H and O–H groups in total. The van der Waals surface area contributed by atoms with Gasteiger partial charge in [0.15, 0.2) is 10.6 Å². The van der Waals surface area contributed by atoms with Crippen molar-refractivity contribution in [1.82, 2.24) is 10.2 Å². The normalized spacial score (nSPS) is 24.8. The van der Waals surface area contributed by atoms with E-state index in [4.69, 9.17) is 13.9 Å². The first-order valence-corrected chi connectivity index (χ1v) is 8.98. The van der Waals surface area contributed by atoms with Crippen molar-refractivity contribution >= 4 is 45.9 Å². The first kappa shape index (κ1) is 20.0. The largest absolute Gasteiger partial charge is 0.454 e. The fourth-order valence-electron chi connectivity index (χ4n) is 3.10. The lowest BCUT2D eigenvalue weighted by molar-refractivity contribution is -0.0816. The molecule has 8 heteroatoms. The summed E-state index contributed by atoms with van der Waals surface area (Å²) in [5.74, 6) is 1.88. The van der Waals surface area contributed by atoms with Crippen LogP contribution in [0.25, 0.3) is 0 Å². The van der Waals surface area contributed by atoms with Crippen LogP contribution in [0.3, 0.4) is 0 Å². The molecule has 2 aliphatic heterocycles. The molecule has 1 aromatic rings. The van der Waals surface area contributed by atoms with Gasteiger partial charge in [-0.3, -0.25) is 4.99 Å². The summed E-state index contributed by atoms with van der Waals surface area (Å²) in [4.78, 5) is 6.66. The van der Waals surface area contributed by atoms with Gasteiger partial charge in [-0.05, 0) is 40.9 Å². The van der Waals surface area contributed by atoms with Crippen molar-refractivity contribution < 1.29 is 13.9 Å². The topological polar surface area (TPSA) is 59.2 Å². The molecule has 2 unspecified atom stereocenters. The average Bonchev–Trinajstić information content (AvgIpc) is 3.23. The Morgan fingerprint density at radius 1 is 1.33 bits per heavy atom. The van der Waals surface area contributed by atoms with E-state index in [2.05, 4.69) is 31.1 Å². The molecule has 2 atom stereocenters. The molecule has 2 fully saturated rings. The van der Waals surface area contributed by atoms with E-state index < -0.39 is 0 Å². The molecule has 3 heterocycles. The van der Waals surface area contributed by atoms with E-state index in [0.717, 1.165) is 68.5 Å². The van der Waals surface area contributed by atoms with E-state index in [1.807, 2.05) is 19.2 Å². The van der Waals surface area contributed by atoms with Crippen LogP contribution >= 0.6 is 39.9 Å². The number of hydrogen-bond donors (Lipinski definition) is 1. The van der Waals surface area contributed by atoms with E-state index in [-0.39, 0.29) is 36.2 Å². The molecule has 0 saturated carbocycles. The van der Waals surface area contributed by atoms with Crippen LogP contribution in [0, 0.1) is 0 Å². The van der Waals surface area contributed by atoms with Gasteiger partial charge in [0, 0.05) is 39.7 Å². The number of guanidine groups is 1. The van der Waals surface area contributed by atoms with Gasteiger partial charge in [0.1, 0.15) is 11.9 Å². The number of morpholine rings is 1. The van der Waals surface area contributed by atoms with Gasteiger partial charge in [0.05, 0.1) is 12.7 Å². The van der Waals surface area contributed by atoms with Crippen molar-refractivity contribution in [3.8, 4) is 0 Å². The highest BCUT2D eigenvalue weighted by molar-refractivity contribution is 14.0. The summed E-state index contributed by atoms with van der Waals surface area (Å²) in [6, 6.07) is 3.90. The Morgan fingerprint density at radius 2 is 2.17 bits per heavy atom. The smallest absolute Gasteiger partial charge is 0.193 e. The molecular weight excluding hydrogens is 489 g/mol. The first-order chi connectivity index (χ1) is 11.3. The third-order valence-electron chi connectivity index (χ3n) is 4.27. The lowest BCUT2D eigenvalue weighted by atomic mass is 10.1. The minimum atomic E-state index is 0. The van der Waals surface area contributed by atoms with Crippen LogP contribution in [0.15, 0.2) is 26.2 Å². The summed E-state index contributed by atoms with van der Waals surface area (Å²) in [5.41, 5.74) is 0. The molecule has 24 heavy (non-hydrogen) atoms. The minimum absolute atomic E-state index is 0. The Labute approximate surface area is 168 Å². The molecule has 6 nitrogen and oxygen atoms in total. The van der Waals surface area contributed by atoms with Gasteiger partial charge in [-0.25, -0.2) is 0 Å². The molecule has 2 saturated heterocycles. The maximum atomic E-state index is 5.89. The van der Waals surface area contributed by atoms with Crippen molar-refractivity contribution in [2.24, 2.45) is 4.99 Å². The second kappa shape index (κ2) is 9.98. The number of nitrogens with one attached hydrogen (secondary N) is 1. The van der Waals surface area contributed by atoms with Gasteiger partial charge in [-0.2, -0.15) is 0 Å². The van der Waals surface area contributed by atoms with Gasteiger partial charge in [0.2, 0.25) is 0 Å². The number of ether oxygens (including phenoxy) is 2.